The highest BCUT2D eigenvalue weighted by Crippen LogP contribution is 2.34. The third kappa shape index (κ3) is 3.11. The van der Waals surface area contributed by atoms with Crippen LogP contribution < -0.4 is 0 Å². The largest absolute Gasteiger partial charge is 0.481 e. The zero-order chi connectivity index (χ0) is 11.3. The summed E-state index contributed by atoms with van der Waals surface area (Å²) in [6.45, 7) is 4.98. The van der Waals surface area contributed by atoms with E-state index in [9.17, 15) is 9.90 Å². The van der Waals surface area contributed by atoms with E-state index >= 15 is 0 Å². The average molecular weight is 231 g/mol. The van der Waals surface area contributed by atoms with Crippen LogP contribution in [0.5, 0.6) is 0 Å². The summed E-state index contributed by atoms with van der Waals surface area (Å²) in [5, 5.41) is 9.23. The lowest BCUT2D eigenvalue weighted by Crippen LogP contribution is -2.44. The lowest BCUT2D eigenvalue weighted by molar-refractivity contribution is -0.152. The topological polar surface area (TPSA) is 40.5 Å². The molecule has 15 heavy (non-hydrogen) atoms. The maximum atomic E-state index is 11.2. The van der Waals surface area contributed by atoms with E-state index in [1.54, 1.807) is 0 Å². The first-order valence-electron chi connectivity index (χ1n) is 5.59. The summed E-state index contributed by atoms with van der Waals surface area (Å²) in [5.41, 5.74) is -0.435. The fraction of sp³-hybridized carbons (Fsp3) is 0.909. The Morgan fingerprint density at radius 2 is 2.07 bits per heavy atom. The van der Waals surface area contributed by atoms with Crippen molar-refractivity contribution in [2.24, 2.45) is 5.41 Å². The molecule has 1 saturated heterocycles. The smallest absolute Gasteiger partial charge is 0.309 e. The van der Waals surface area contributed by atoms with Crippen molar-refractivity contribution in [2.75, 3.05) is 31.6 Å². The van der Waals surface area contributed by atoms with Crippen LogP contribution in [0, 0.1) is 5.41 Å². The van der Waals surface area contributed by atoms with Gasteiger partial charge in [0.15, 0.2) is 0 Å². The normalized spacial score (nSPS) is 21.5. The Morgan fingerprint density at radius 1 is 1.47 bits per heavy atom. The lowest BCUT2D eigenvalue weighted by atomic mass is 9.76. The number of nitrogens with zero attached hydrogens (tertiary/aromatic N) is 1. The first-order chi connectivity index (χ1) is 7.14. The van der Waals surface area contributed by atoms with E-state index in [2.05, 4.69) is 11.2 Å². The summed E-state index contributed by atoms with van der Waals surface area (Å²) in [6.07, 6.45) is 4.50. The van der Waals surface area contributed by atoms with E-state index in [0.717, 1.165) is 44.6 Å². The molecule has 1 fully saturated rings. The first-order valence-corrected chi connectivity index (χ1v) is 6.98. The zero-order valence-corrected chi connectivity index (χ0v) is 10.5. The summed E-state index contributed by atoms with van der Waals surface area (Å²) >= 11 is 1.85. The van der Waals surface area contributed by atoms with E-state index < -0.39 is 11.4 Å². The monoisotopic (exact) mass is 231 g/mol. The van der Waals surface area contributed by atoms with Gasteiger partial charge in [0, 0.05) is 12.3 Å². The lowest BCUT2D eigenvalue weighted by Gasteiger charge is -2.38. The molecule has 0 atom stereocenters. The highest BCUT2D eigenvalue weighted by Gasteiger charge is 2.39. The van der Waals surface area contributed by atoms with Crippen LogP contribution in [0.1, 0.15) is 26.2 Å². The molecule has 0 saturated carbocycles. The van der Waals surface area contributed by atoms with Gasteiger partial charge in [-0.05, 0) is 38.6 Å². The van der Waals surface area contributed by atoms with Crippen LogP contribution in [0.4, 0.5) is 0 Å². The minimum Gasteiger partial charge on any atom is -0.481 e. The van der Waals surface area contributed by atoms with Crippen LogP contribution in [-0.2, 0) is 4.79 Å². The molecule has 1 heterocycles. The van der Waals surface area contributed by atoms with Crippen molar-refractivity contribution in [3.8, 4) is 0 Å². The molecule has 1 rings (SSSR count). The fourth-order valence-corrected chi connectivity index (χ4v) is 2.58. The van der Waals surface area contributed by atoms with Crippen molar-refractivity contribution < 1.29 is 9.90 Å². The van der Waals surface area contributed by atoms with Crippen LogP contribution in [0.15, 0.2) is 0 Å². The Kier molecular flexibility index (Phi) is 4.93. The molecule has 0 spiro atoms. The van der Waals surface area contributed by atoms with Gasteiger partial charge < -0.3 is 10.0 Å². The number of aliphatic carboxylic acids is 1. The maximum absolute atomic E-state index is 11.2. The van der Waals surface area contributed by atoms with Crippen LogP contribution in [0.2, 0.25) is 0 Å². The quantitative estimate of drug-likeness (QED) is 0.785. The fourth-order valence-electron chi connectivity index (χ4n) is 2.14. The standard InChI is InChI=1S/C11H21NO2S/c1-3-11(10(13)14)4-6-12(7-5-11)8-9-15-2/h3-9H2,1-2H3,(H,13,14). The Labute approximate surface area is 96.2 Å². The number of likely N-dealkylation sites (tertiary alicyclic amines) is 1. The molecule has 4 heteroatoms. The van der Waals surface area contributed by atoms with Gasteiger partial charge in [-0.15, -0.1) is 0 Å². The first kappa shape index (κ1) is 12.8. The third-order valence-corrected chi connectivity index (χ3v) is 4.15. The van der Waals surface area contributed by atoms with Crippen molar-refractivity contribution in [2.45, 2.75) is 26.2 Å². The number of hydrogen-bond donors (Lipinski definition) is 1. The minimum atomic E-state index is -0.602. The Bertz CT molecular complexity index is 213. The summed E-state index contributed by atoms with van der Waals surface area (Å²) in [5.74, 6) is 0.543. The van der Waals surface area contributed by atoms with Crippen LogP contribution in [0.3, 0.4) is 0 Å². The number of rotatable bonds is 5. The molecule has 0 aromatic rings. The van der Waals surface area contributed by atoms with Gasteiger partial charge in [0.1, 0.15) is 0 Å². The number of carboxylic acid groups (broad SMARTS) is 1. The number of thioether (sulfide) groups is 1. The Hall–Kier alpha value is -0.220. The molecule has 0 radical (unpaired) electrons. The van der Waals surface area contributed by atoms with Gasteiger partial charge in [-0.3, -0.25) is 4.79 Å². The third-order valence-electron chi connectivity index (χ3n) is 3.56. The van der Waals surface area contributed by atoms with E-state index in [1.807, 2.05) is 18.7 Å². The summed E-state index contributed by atoms with van der Waals surface area (Å²) in [7, 11) is 0. The average Bonchev–Trinajstić information content (AvgIpc) is 2.27. The molecule has 0 amide bonds. The number of hydrogen-bond acceptors (Lipinski definition) is 3. The van der Waals surface area contributed by atoms with E-state index in [1.165, 1.54) is 0 Å². The molecule has 0 aliphatic carbocycles. The number of carbonyl (C=O) groups is 1. The second-order valence-corrected chi connectivity index (χ2v) is 5.26. The van der Waals surface area contributed by atoms with Gasteiger partial charge in [-0.1, -0.05) is 6.92 Å². The van der Waals surface area contributed by atoms with Gasteiger partial charge in [0.2, 0.25) is 0 Å². The van der Waals surface area contributed by atoms with Gasteiger partial charge in [-0.2, -0.15) is 11.8 Å². The van der Waals surface area contributed by atoms with Gasteiger partial charge in [0.25, 0.3) is 0 Å². The second-order valence-electron chi connectivity index (χ2n) is 4.27. The molecule has 1 aliphatic rings. The van der Waals surface area contributed by atoms with Crippen molar-refractivity contribution in [1.82, 2.24) is 4.90 Å². The van der Waals surface area contributed by atoms with E-state index in [-0.39, 0.29) is 0 Å². The zero-order valence-electron chi connectivity index (χ0n) is 9.66. The van der Waals surface area contributed by atoms with Crippen molar-refractivity contribution in [3.05, 3.63) is 0 Å². The van der Waals surface area contributed by atoms with Gasteiger partial charge >= 0.3 is 5.97 Å². The molecule has 1 N–H and O–H groups in total. The van der Waals surface area contributed by atoms with E-state index in [0.29, 0.717) is 0 Å². The number of carboxylic acids is 1. The van der Waals surface area contributed by atoms with Crippen molar-refractivity contribution >= 4 is 17.7 Å². The van der Waals surface area contributed by atoms with Crippen LogP contribution >= 0.6 is 11.8 Å². The summed E-state index contributed by atoms with van der Waals surface area (Å²) in [6, 6.07) is 0. The summed E-state index contributed by atoms with van der Waals surface area (Å²) in [4.78, 5) is 13.6. The molecule has 0 bridgehead atoms. The molecule has 0 unspecified atom stereocenters. The predicted molar refractivity (Wildman–Crippen MR) is 64.4 cm³/mol. The minimum absolute atomic E-state index is 0.435. The highest BCUT2D eigenvalue weighted by molar-refractivity contribution is 7.98. The molecular weight excluding hydrogens is 210 g/mol. The summed E-state index contributed by atoms with van der Waals surface area (Å²) < 4.78 is 0. The molecule has 3 nitrogen and oxygen atoms in total. The highest BCUT2D eigenvalue weighted by atomic mass is 32.2. The number of piperidine rings is 1. The SMILES string of the molecule is CCC1(C(=O)O)CCN(CCSC)CC1. The molecular formula is C11H21NO2S. The van der Waals surface area contributed by atoms with Gasteiger partial charge in [0.05, 0.1) is 5.41 Å². The van der Waals surface area contributed by atoms with E-state index in [4.69, 9.17) is 0 Å². The van der Waals surface area contributed by atoms with Gasteiger partial charge in [-0.25, -0.2) is 0 Å². The van der Waals surface area contributed by atoms with Crippen LogP contribution in [-0.4, -0.2) is 47.6 Å². The molecule has 0 aromatic heterocycles. The predicted octanol–water partition coefficient (Wildman–Crippen LogP) is 1.93. The molecule has 1 aliphatic heterocycles. The maximum Gasteiger partial charge on any atom is 0.309 e. The second kappa shape index (κ2) is 5.75. The van der Waals surface area contributed by atoms with Crippen LogP contribution in [0.25, 0.3) is 0 Å². The van der Waals surface area contributed by atoms with Crippen molar-refractivity contribution in [3.63, 3.8) is 0 Å². The Morgan fingerprint density at radius 3 is 2.47 bits per heavy atom. The van der Waals surface area contributed by atoms with Crippen molar-refractivity contribution in [1.29, 1.82) is 0 Å². The Balaban J connectivity index is 2.42. The molecule has 0 aromatic carbocycles. The molecule has 88 valence electrons.